The molecule has 0 bridgehead atoms. The third-order valence-electron chi connectivity index (χ3n) is 1.75. The topological polar surface area (TPSA) is 76.2 Å². The zero-order chi connectivity index (χ0) is 9.42. The molecule has 0 atom stereocenters. The van der Waals surface area contributed by atoms with Gasteiger partial charge in [0.15, 0.2) is 0 Å². The standard InChI is InChI=1S/C8H6N2O2S/c9-7-6-4(8(11)12)3-13-5(6)1-2-10-7/h1-3H,(H2,9,10)(H,11,12). The molecule has 0 saturated heterocycles. The molecule has 2 aromatic rings. The quantitative estimate of drug-likeness (QED) is 0.722. The number of nitrogens with zero attached hydrogens (tertiary/aromatic N) is 1. The highest BCUT2D eigenvalue weighted by atomic mass is 32.1. The van der Waals surface area contributed by atoms with Crippen molar-refractivity contribution < 1.29 is 9.90 Å². The van der Waals surface area contributed by atoms with E-state index in [-0.39, 0.29) is 11.4 Å². The van der Waals surface area contributed by atoms with Gasteiger partial charge in [0.1, 0.15) is 5.82 Å². The molecule has 2 heterocycles. The molecular formula is C8H6N2O2S. The van der Waals surface area contributed by atoms with E-state index in [4.69, 9.17) is 10.8 Å². The molecule has 0 amide bonds. The maximum atomic E-state index is 10.8. The van der Waals surface area contributed by atoms with Crippen molar-refractivity contribution in [2.24, 2.45) is 0 Å². The van der Waals surface area contributed by atoms with Crippen LogP contribution in [0, 0.1) is 0 Å². The van der Waals surface area contributed by atoms with Crippen LogP contribution < -0.4 is 5.73 Å². The van der Waals surface area contributed by atoms with Crippen LogP contribution in [0.15, 0.2) is 17.6 Å². The molecule has 0 fully saturated rings. The van der Waals surface area contributed by atoms with E-state index in [1.165, 1.54) is 11.3 Å². The normalized spacial score (nSPS) is 10.5. The highest BCUT2D eigenvalue weighted by Gasteiger charge is 2.13. The molecule has 3 N–H and O–H groups in total. The molecule has 5 heteroatoms. The van der Waals surface area contributed by atoms with E-state index < -0.39 is 5.97 Å². The number of nitrogens with two attached hydrogens (primary N) is 1. The molecule has 0 radical (unpaired) electrons. The fourth-order valence-electron chi connectivity index (χ4n) is 1.17. The molecule has 2 aromatic heterocycles. The Morgan fingerprint density at radius 2 is 2.38 bits per heavy atom. The number of aromatic nitrogens is 1. The summed E-state index contributed by atoms with van der Waals surface area (Å²) >= 11 is 1.36. The van der Waals surface area contributed by atoms with Crippen molar-refractivity contribution in [2.75, 3.05) is 5.73 Å². The number of hydrogen-bond acceptors (Lipinski definition) is 4. The summed E-state index contributed by atoms with van der Waals surface area (Å²) in [5, 5.41) is 10.9. The minimum Gasteiger partial charge on any atom is -0.478 e. The van der Waals surface area contributed by atoms with Gasteiger partial charge in [-0.15, -0.1) is 11.3 Å². The lowest BCUT2D eigenvalue weighted by atomic mass is 10.2. The van der Waals surface area contributed by atoms with Crippen molar-refractivity contribution in [2.45, 2.75) is 0 Å². The van der Waals surface area contributed by atoms with Crippen molar-refractivity contribution in [3.8, 4) is 0 Å². The number of carboxylic acids is 1. The average molecular weight is 194 g/mol. The Balaban J connectivity index is 2.86. The number of carbonyl (C=O) groups is 1. The van der Waals surface area contributed by atoms with Crippen molar-refractivity contribution in [3.05, 3.63) is 23.2 Å². The molecule has 66 valence electrons. The number of rotatable bonds is 1. The Morgan fingerprint density at radius 1 is 1.62 bits per heavy atom. The number of fused-ring (bicyclic) bond motifs is 1. The van der Waals surface area contributed by atoms with Gasteiger partial charge in [-0.05, 0) is 6.07 Å². The average Bonchev–Trinajstić information content (AvgIpc) is 2.49. The highest BCUT2D eigenvalue weighted by Crippen LogP contribution is 2.28. The maximum absolute atomic E-state index is 10.8. The van der Waals surface area contributed by atoms with Crippen LogP contribution in [0.3, 0.4) is 0 Å². The molecule has 0 aliphatic heterocycles. The van der Waals surface area contributed by atoms with Gasteiger partial charge in [0.2, 0.25) is 0 Å². The second-order valence-electron chi connectivity index (χ2n) is 2.52. The van der Waals surface area contributed by atoms with E-state index in [1.54, 1.807) is 17.6 Å². The SMILES string of the molecule is Nc1nccc2scc(C(=O)O)c12. The number of pyridine rings is 1. The zero-order valence-electron chi connectivity index (χ0n) is 6.52. The van der Waals surface area contributed by atoms with Crippen LogP contribution >= 0.6 is 11.3 Å². The Hall–Kier alpha value is -1.62. The minimum absolute atomic E-state index is 0.227. The van der Waals surface area contributed by atoms with Crippen LogP contribution in [0.2, 0.25) is 0 Å². The van der Waals surface area contributed by atoms with Crippen LogP contribution in [0.4, 0.5) is 5.82 Å². The van der Waals surface area contributed by atoms with Gasteiger partial charge < -0.3 is 10.8 Å². The fourth-order valence-corrected chi connectivity index (χ4v) is 2.10. The monoisotopic (exact) mass is 194 g/mol. The summed E-state index contributed by atoms with van der Waals surface area (Å²) in [6, 6.07) is 1.75. The molecule has 0 aliphatic rings. The number of aromatic carboxylic acids is 1. The lowest BCUT2D eigenvalue weighted by Gasteiger charge is -1.95. The number of anilines is 1. The second-order valence-corrected chi connectivity index (χ2v) is 3.44. The number of thiophene rings is 1. The summed E-state index contributed by atoms with van der Waals surface area (Å²) in [4.78, 5) is 14.6. The molecule has 0 aromatic carbocycles. The van der Waals surface area contributed by atoms with Gasteiger partial charge in [-0.2, -0.15) is 0 Å². The Bertz CT molecular complexity index is 478. The first-order chi connectivity index (χ1) is 6.20. The first kappa shape index (κ1) is 8.00. The van der Waals surface area contributed by atoms with Crippen molar-refractivity contribution in [3.63, 3.8) is 0 Å². The van der Waals surface area contributed by atoms with Crippen molar-refractivity contribution in [1.29, 1.82) is 0 Å². The molecule has 4 nitrogen and oxygen atoms in total. The predicted octanol–water partition coefficient (Wildman–Crippen LogP) is 1.58. The van der Waals surface area contributed by atoms with Crippen LogP contribution in [-0.2, 0) is 0 Å². The summed E-state index contributed by atoms with van der Waals surface area (Å²) in [6.07, 6.45) is 1.57. The van der Waals surface area contributed by atoms with Gasteiger partial charge in [0.05, 0.1) is 5.56 Å². The largest absolute Gasteiger partial charge is 0.478 e. The van der Waals surface area contributed by atoms with E-state index in [2.05, 4.69) is 4.98 Å². The van der Waals surface area contributed by atoms with Gasteiger partial charge in [-0.25, -0.2) is 9.78 Å². The summed E-state index contributed by atoms with van der Waals surface area (Å²) in [6.45, 7) is 0. The van der Waals surface area contributed by atoms with Crippen LogP contribution in [-0.4, -0.2) is 16.1 Å². The molecule has 2 rings (SSSR count). The van der Waals surface area contributed by atoms with E-state index >= 15 is 0 Å². The molecule has 0 aliphatic carbocycles. The van der Waals surface area contributed by atoms with E-state index in [0.717, 1.165) is 4.70 Å². The van der Waals surface area contributed by atoms with Crippen LogP contribution in [0.25, 0.3) is 10.1 Å². The highest BCUT2D eigenvalue weighted by molar-refractivity contribution is 7.17. The maximum Gasteiger partial charge on any atom is 0.337 e. The third-order valence-corrected chi connectivity index (χ3v) is 2.69. The van der Waals surface area contributed by atoms with Crippen LogP contribution in [0.5, 0.6) is 0 Å². The van der Waals surface area contributed by atoms with Gasteiger partial charge in [0.25, 0.3) is 0 Å². The molecule has 0 spiro atoms. The summed E-state index contributed by atoms with van der Waals surface area (Å²) in [5.41, 5.74) is 5.80. The summed E-state index contributed by atoms with van der Waals surface area (Å²) < 4.78 is 0.852. The first-order valence-electron chi connectivity index (χ1n) is 3.55. The minimum atomic E-state index is -0.967. The zero-order valence-corrected chi connectivity index (χ0v) is 7.34. The Morgan fingerprint density at radius 3 is 3.08 bits per heavy atom. The predicted molar refractivity (Wildman–Crippen MR) is 51.0 cm³/mol. The van der Waals surface area contributed by atoms with Crippen LogP contribution in [0.1, 0.15) is 10.4 Å². The Labute approximate surface area is 77.6 Å². The van der Waals surface area contributed by atoms with E-state index in [0.29, 0.717) is 5.39 Å². The molecule has 0 unspecified atom stereocenters. The first-order valence-corrected chi connectivity index (χ1v) is 4.43. The number of carboxylic acid groups (broad SMARTS) is 1. The number of nitrogen functional groups attached to an aromatic ring is 1. The lowest BCUT2D eigenvalue weighted by molar-refractivity contribution is 0.0699. The fraction of sp³-hybridized carbons (Fsp3) is 0. The van der Waals surface area contributed by atoms with E-state index in [9.17, 15) is 4.79 Å². The van der Waals surface area contributed by atoms with Crippen molar-refractivity contribution in [1.82, 2.24) is 4.98 Å². The third kappa shape index (κ3) is 1.13. The van der Waals surface area contributed by atoms with Gasteiger partial charge >= 0.3 is 5.97 Å². The molecule has 0 saturated carbocycles. The van der Waals surface area contributed by atoms with Crippen molar-refractivity contribution >= 4 is 33.2 Å². The summed E-state index contributed by atoms with van der Waals surface area (Å²) in [7, 11) is 0. The second kappa shape index (κ2) is 2.70. The molecular weight excluding hydrogens is 188 g/mol. The van der Waals surface area contributed by atoms with Gasteiger partial charge in [0, 0.05) is 21.7 Å². The number of hydrogen-bond donors (Lipinski definition) is 2. The van der Waals surface area contributed by atoms with Gasteiger partial charge in [-0.1, -0.05) is 0 Å². The van der Waals surface area contributed by atoms with Gasteiger partial charge in [-0.3, -0.25) is 0 Å². The lowest BCUT2D eigenvalue weighted by Crippen LogP contribution is -1.97. The summed E-state index contributed by atoms with van der Waals surface area (Å²) in [5.74, 6) is -0.692. The smallest absolute Gasteiger partial charge is 0.337 e. The molecule has 13 heavy (non-hydrogen) atoms. The Kier molecular flexibility index (Phi) is 1.66. The van der Waals surface area contributed by atoms with E-state index in [1.807, 2.05) is 0 Å².